The summed E-state index contributed by atoms with van der Waals surface area (Å²) >= 11 is 6.07. The quantitative estimate of drug-likeness (QED) is 0.773. The molecule has 0 radical (unpaired) electrons. The lowest BCUT2D eigenvalue weighted by molar-refractivity contribution is 0.0697. The van der Waals surface area contributed by atoms with Crippen LogP contribution in [0.4, 0.5) is 5.69 Å². The van der Waals surface area contributed by atoms with Gasteiger partial charge in [0.05, 0.1) is 24.5 Å². The zero-order valence-electron chi connectivity index (χ0n) is 13.8. The minimum absolute atomic E-state index is 0.0369. The Hall–Kier alpha value is -2.40. The van der Waals surface area contributed by atoms with E-state index >= 15 is 0 Å². The zero-order valence-corrected chi connectivity index (χ0v) is 14.6. The van der Waals surface area contributed by atoms with E-state index in [0.717, 1.165) is 11.3 Å². The van der Waals surface area contributed by atoms with Gasteiger partial charge in [0.1, 0.15) is 11.5 Å². The van der Waals surface area contributed by atoms with Gasteiger partial charge in [0, 0.05) is 17.1 Å². The summed E-state index contributed by atoms with van der Waals surface area (Å²) < 4.78 is 11.1. The average molecular weight is 350 g/mol. The summed E-state index contributed by atoms with van der Waals surface area (Å²) in [6.45, 7) is 4.32. The zero-order chi connectivity index (χ0) is 17.7. The van der Waals surface area contributed by atoms with Crippen molar-refractivity contribution in [2.45, 2.75) is 26.5 Å². The maximum Gasteiger partial charge on any atom is 0.335 e. The third-order valence-electron chi connectivity index (χ3n) is 3.30. The number of ether oxygens (including phenoxy) is 2. The maximum atomic E-state index is 11.1. The molecule has 0 aliphatic heterocycles. The molecule has 0 heterocycles. The molecule has 0 unspecified atom stereocenters. The van der Waals surface area contributed by atoms with E-state index in [0.29, 0.717) is 23.0 Å². The van der Waals surface area contributed by atoms with Crippen molar-refractivity contribution in [3.8, 4) is 11.5 Å². The van der Waals surface area contributed by atoms with Gasteiger partial charge in [-0.25, -0.2) is 4.79 Å². The molecule has 0 aromatic heterocycles. The first-order valence-electron chi connectivity index (χ1n) is 7.51. The van der Waals surface area contributed by atoms with Gasteiger partial charge >= 0.3 is 5.97 Å². The number of methoxy groups -OCH3 is 1. The Bertz CT molecular complexity index is 731. The third kappa shape index (κ3) is 4.55. The molecular weight excluding hydrogens is 330 g/mol. The number of carbonyl (C=O) groups is 1. The highest BCUT2D eigenvalue weighted by atomic mass is 35.5. The summed E-state index contributed by atoms with van der Waals surface area (Å²) in [7, 11) is 1.54. The third-order valence-corrected chi connectivity index (χ3v) is 3.54. The summed E-state index contributed by atoms with van der Waals surface area (Å²) in [5.74, 6) is 0.302. The van der Waals surface area contributed by atoms with Crippen LogP contribution in [0.15, 0.2) is 36.4 Å². The van der Waals surface area contributed by atoms with Gasteiger partial charge in [-0.05, 0) is 50.2 Å². The number of hydrogen-bond donors (Lipinski definition) is 2. The van der Waals surface area contributed by atoms with Crippen molar-refractivity contribution in [1.29, 1.82) is 0 Å². The van der Waals surface area contributed by atoms with Crippen molar-refractivity contribution in [3.05, 3.63) is 52.5 Å². The van der Waals surface area contributed by atoms with E-state index in [-0.39, 0.29) is 11.7 Å². The largest absolute Gasteiger partial charge is 0.495 e. The highest BCUT2D eigenvalue weighted by molar-refractivity contribution is 6.30. The second-order valence-electron chi connectivity index (χ2n) is 5.49. The predicted octanol–water partition coefficient (Wildman–Crippen LogP) is 4.45. The van der Waals surface area contributed by atoms with E-state index in [2.05, 4.69) is 5.32 Å². The van der Waals surface area contributed by atoms with Crippen LogP contribution in [-0.2, 0) is 6.54 Å². The Kier molecular flexibility index (Phi) is 5.93. The predicted molar refractivity (Wildman–Crippen MR) is 94.5 cm³/mol. The fourth-order valence-electron chi connectivity index (χ4n) is 2.22. The minimum atomic E-state index is -0.993. The lowest BCUT2D eigenvalue weighted by atomic mass is 10.1. The van der Waals surface area contributed by atoms with Crippen molar-refractivity contribution < 1.29 is 19.4 Å². The number of hydrogen-bond acceptors (Lipinski definition) is 4. The number of carboxylic acids is 1. The second kappa shape index (κ2) is 7.93. The Morgan fingerprint density at radius 1 is 1.21 bits per heavy atom. The summed E-state index contributed by atoms with van der Waals surface area (Å²) in [6, 6.07) is 10.1. The van der Waals surface area contributed by atoms with Gasteiger partial charge in [-0.1, -0.05) is 11.6 Å². The van der Waals surface area contributed by atoms with Crippen molar-refractivity contribution in [3.63, 3.8) is 0 Å². The van der Waals surface area contributed by atoms with Crippen LogP contribution in [0.25, 0.3) is 0 Å². The molecular formula is C18H20ClNO4. The molecule has 0 bridgehead atoms. The number of rotatable bonds is 7. The van der Waals surface area contributed by atoms with Crippen molar-refractivity contribution in [1.82, 2.24) is 0 Å². The first-order valence-corrected chi connectivity index (χ1v) is 7.88. The van der Waals surface area contributed by atoms with Gasteiger partial charge in [-0.3, -0.25) is 0 Å². The van der Waals surface area contributed by atoms with Crippen LogP contribution in [0.1, 0.15) is 29.8 Å². The van der Waals surface area contributed by atoms with E-state index in [1.165, 1.54) is 19.2 Å². The Balaban J connectivity index is 2.25. The molecule has 0 aliphatic carbocycles. The van der Waals surface area contributed by atoms with Crippen LogP contribution in [-0.4, -0.2) is 24.3 Å². The SMILES string of the molecule is COc1ccc(C(=O)O)cc1NCc1cc(Cl)ccc1OC(C)C. The van der Waals surface area contributed by atoms with Gasteiger partial charge in [0.25, 0.3) is 0 Å². The number of benzene rings is 2. The number of anilines is 1. The number of carboxylic acid groups (broad SMARTS) is 1. The molecule has 24 heavy (non-hydrogen) atoms. The molecule has 2 rings (SSSR count). The van der Waals surface area contributed by atoms with E-state index < -0.39 is 5.97 Å². The van der Waals surface area contributed by atoms with Crippen LogP contribution >= 0.6 is 11.6 Å². The molecule has 6 heteroatoms. The fourth-order valence-corrected chi connectivity index (χ4v) is 2.42. The lowest BCUT2D eigenvalue weighted by Crippen LogP contribution is -2.10. The van der Waals surface area contributed by atoms with Gasteiger partial charge in [-0.15, -0.1) is 0 Å². The summed E-state index contributed by atoms with van der Waals surface area (Å²) in [6.07, 6.45) is 0.0369. The molecule has 0 fully saturated rings. The van der Waals surface area contributed by atoms with Gasteiger partial charge in [-0.2, -0.15) is 0 Å². The summed E-state index contributed by atoms with van der Waals surface area (Å²) in [5, 5.41) is 12.9. The highest BCUT2D eigenvalue weighted by Gasteiger charge is 2.11. The summed E-state index contributed by atoms with van der Waals surface area (Å²) in [4.78, 5) is 11.1. The molecule has 128 valence electrons. The van der Waals surface area contributed by atoms with Crippen LogP contribution < -0.4 is 14.8 Å². The highest BCUT2D eigenvalue weighted by Crippen LogP contribution is 2.29. The molecule has 0 atom stereocenters. The van der Waals surface area contributed by atoms with Crippen molar-refractivity contribution in [2.75, 3.05) is 12.4 Å². The number of halogens is 1. The van der Waals surface area contributed by atoms with E-state index in [4.69, 9.17) is 26.2 Å². The monoisotopic (exact) mass is 349 g/mol. The molecule has 0 saturated carbocycles. The smallest absolute Gasteiger partial charge is 0.335 e. The Morgan fingerprint density at radius 2 is 1.92 bits per heavy atom. The molecule has 0 spiro atoms. The van der Waals surface area contributed by atoms with E-state index in [1.807, 2.05) is 26.0 Å². The minimum Gasteiger partial charge on any atom is -0.495 e. The van der Waals surface area contributed by atoms with E-state index in [9.17, 15) is 4.79 Å². The number of nitrogens with one attached hydrogen (secondary N) is 1. The topological polar surface area (TPSA) is 67.8 Å². The maximum absolute atomic E-state index is 11.1. The first-order chi connectivity index (χ1) is 11.4. The van der Waals surface area contributed by atoms with Crippen LogP contribution in [0.2, 0.25) is 5.02 Å². The fraction of sp³-hybridized carbons (Fsp3) is 0.278. The van der Waals surface area contributed by atoms with E-state index in [1.54, 1.807) is 12.1 Å². The second-order valence-corrected chi connectivity index (χ2v) is 5.93. The Labute approximate surface area is 146 Å². The molecule has 0 aliphatic rings. The van der Waals surface area contributed by atoms with Crippen LogP contribution in [0.5, 0.6) is 11.5 Å². The summed E-state index contributed by atoms with van der Waals surface area (Å²) in [5.41, 5.74) is 1.65. The molecule has 5 nitrogen and oxygen atoms in total. The molecule has 2 N–H and O–H groups in total. The van der Waals surface area contributed by atoms with Crippen LogP contribution in [0.3, 0.4) is 0 Å². The molecule has 2 aromatic rings. The normalized spacial score (nSPS) is 10.5. The molecule has 0 amide bonds. The number of aromatic carboxylic acids is 1. The van der Waals surface area contributed by atoms with Gasteiger partial charge in [0.15, 0.2) is 0 Å². The van der Waals surface area contributed by atoms with Crippen molar-refractivity contribution >= 4 is 23.3 Å². The average Bonchev–Trinajstić information content (AvgIpc) is 2.54. The first kappa shape index (κ1) is 17.9. The molecule has 0 saturated heterocycles. The Morgan fingerprint density at radius 3 is 2.54 bits per heavy atom. The van der Waals surface area contributed by atoms with Gasteiger partial charge < -0.3 is 19.9 Å². The standard InChI is InChI=1S/C18H20ClNO4/c1-11(2)24-16-7-5-14(19)8-13(16)10-20-15-9-12(18(21)22)4-6-17(15)23-3/h4-9,11,20H,10H2,1-3H3,(H,21,22). The van der Waals surface area contributed by atoms with Crippen LogP contribution in [0, 0.1) is 0 Å². The van der Waals surface area contributed by atoms with Gasteiger partial charge in [0.2, 0.25) is 0 Å². The lowest BCUT2D eigenvalue weighted by Gasteiger charge is -2.17. The van der Waals surface area contributed by atoms with Crippen molar-refractivity contribution in [2.24, 2.45) is 0 Å². The molecule has 2 aromatic carbocycles.